The number of fused-ring (bicyclic) bond motifs is 6. The molecule has 274 valence electrons. The molecular weight excluding hydrogens is 721 g/mol. The molecule has 0 bridgehead atoms. The molecule has 1 aliphatic rings. The molecule has 3 heteroatoms. The molecule has 0 aliphatic heterocycles. The zero-order valence-corrected chi connectivity index (χ0v) is 33.1. The Morgan fingerprint density at radius 1 is 0.362 bits per heavy atom. The summed E-state index contributed by atoms with van der Waals surface area (Å²) in [5.74, 6) is 0.700. The van der Waals surface area contributed by atoms with Gasteiger partial charge < -0.3 is 0 Å². The molecule has 0 atom stereocenters. The molecular formula is C55H38N2S. The smallest absolute Gasteiger partial charge is 0.160 e. The van der Waals surface area contributed by atoms with Gasteiger partial charge >= 0.3 is 0 Å². The number of aromatic nitrogens is 2. The molecule has 0 N–H and O–H groups in total. The Bertz CT molecular complexity index is 3190. The third-order valence-electron chi connectivity index (χ3n) is 11.9. The molecule has 2 aromatic heterocycles. The molecule has 8 aromatic carbocycles. The number of hydrogen-bond acceptors (Lipinski definition) is 3. The van der Waals surface area contributed by atoms with E-state index < -0.39 is 0 Å². The van der Waals surface area contributed by atoms with Crippen molar-refractivity contribution in [1.82, 2.24) is 9.97 Å². The van der Waals surface area contributed by atoms with Gasteiger partial charge in [0, 0.05) is 42.3 Å². The summed E-state index contributed by atoms with van der Waals surface area (Å²) in [6.45, 7) is 4.67. The standard InChI is InChI=1S/C55H38N2S/c1-55(2)48-26-13-11-21-43(48)47-33-37(28-29-49(47)55)41-20-9-10-22-44(41)51-34-50(56-54(57-51)36-18-7-4-8-19-36)40-31-38(35-16-5-3-6-17-35)30-39(32-40)42-24-15-25-46-45-23-12-14-27-52(45)58-53(42)46/h3-34H,1-2H3. The summed E-state index contributed by atoms with van der Waals surface area (Å²) < 4.78 is 2.59. The molecule has 0 unspecified atom stereocenters. The molecule has 58 heavy (non-hydrogen) atoms. The Morgan fingerprint density at radius 2 is 0.966 bits per heavy atom. The van der Waals surface area contributed by atoms with Crippen LogP contribution in [0.3, 0.4) is 0 Å². The largest absolute Gasteiger partial charge is 0.228 e. The summed E-state index contributed by atoms with van der Waals surface area (Å²) in [7, 11) is 0. The van der Waals surface area contributed by atoms with Crippen molar-refractivity contribution >= 4 is 31.5 Å². The van der Waals surface area contributed by atoms with Crippen LogP contribution in [0, 0.1) is 0 Å². The fourth-order valence-electron chi connectivity index (χ4n) is 9.00. The highest BCUT2D eigenvalue weighted by molar-refractivity contribution is 7.26. The van der Waals surface area contributed by atoms with Gasteiger partial charge in [0.05, 0.1) is 11.4 Å². The van der Waals surface area contributed by atoms with Crippen LogP contribution in [0.5, 0.6) is 0 Å². The van der Waals surface area contributed by atoms with E-state index in [1.54, 1.807) is 0 Å². The Morgan fingerprint density at radius 3 is 1.79 bits per heavy atom. The lowest BCUT2D eigenvalue weighted by Gasteiger charge is -2.21. The Labute approximate surface area is 342 Å². The van der Waals surface area contributed by atoms with Gasteiger partial charge in [-0.1, -0.05) is 172 Å². The maximum atomic E-state index is 5.35. The van der Waals surface area contributed by atoms with Crippen molar-refractivity contribution in [2.75, 3.05) is 0 Å². The van der Waals surface area contributed by atoms with E-state index in [0.717, 1.165) is 44.8 Å². The Kier molecular flexibility index (Phi) is 8.06. The first-order valence-electron chi connectivity index (χ1n) is 19.9. The normalized spacial score (nSPS) is 12.8. The first-order chi connectivity index (χ1) is 28.5. The lowest BCUT2D eigenvalue weighted by atomic mass is 9.82. The average Bonchev–Trinajstić information content (AvgIpc) is 3.78. The topological polar surface area (TPSA) is 25.8 Å². The lowest BCUT2D eigenvalue weighted by Crippen LogP contribution is -2.14. The van der Waals surface area contributed by atoms with E-state index in [1.807, 2.05) is 17.4 Å². The summed E-state index contributed by atoms with van der Waals surface area (Å²) in [6.07, 6.45) is 0. The van der Waals surface area contributed by atoms with Crippen molar-refractivity contribution in [1.29, 1.82) is 0 Å². The summed E-state index contributed by atoms with van der Waals surface area (Å²) in [6, 6.07) is 70.1. The van der Waals surface area contributed by atoms with Crippen LogP contribution in [0.15, 0.2) is 194 Å². The van der Waals surface area contributed by atoms with Crippen molar-refractivity contribution < 1.29 is 0 Å². The quantitative estimate of drug-likeness (QED) is 0.169. The van der Waals surface area contributed by atoms with E-state index in [4.69, 9.17) is 9.97 Å². The first kappa shape index (κ1) is 34.3. The van der Waals surface area contributed by atoms with E-state index in [1.165, 1.54) is 59.1 Å². The number of benzene rings is 8. The molecule has 2 nitrogen and oxygen atoms in total. The van der Waals surface area contributed by atoms with E-state index in [2.05, 4.69) is 202 Å². The van der Waals surface area contributed by atoms with Crippen LogP contribution in [0.1, 0.15) is 25.0 Å². The van der Waals surface area contributed by atoms with Crippen LogP contribution in [0.4, 0.5) is 0 Å². The van der Waals surface area contributed by atoms with Crippen molar-refractivity contribution in [3.05, 3.63) is 205 Å². The molecule has 0 amide bonds. The molecule has 0 spiro atoms. The van der Waals surface area contributed by atoms with Gasteiger partial charge in [0.15, 0.2) is 5.82 Å². The van der Waals surface area contributed by atoms with Gasteiger partial charge in [0.2, 0.25) is 0 Å². The van der Waals surface area contributed by atoms with E-state index in [0.29, 0.717) is 5.82 Å². The van der Waals surface area contributed by atoms with Gasteiger partial charge in [0.1, 0.15) is 0 Å². The van der Waals surface area contributed by atoms with E-state index >= 15 is 0 Å². The highest BCUT2D eigenvalue weighted by atomic mass is 32.1. The maximum absolute atomic E-state index is 5.35. The van der Waals surface area contributed by atoms with Gasteiger partial charge in [-0.15, -0.1) is 11.3 Å². The van der Waals surface area contributed by atoms with Crippen molar-refractivity contribution in [3.8, 4) is 78.4 Å². The molecule has 11 rings (SSSR count). The first-order valence-corrected chi connectivity index (χ1v) is 20.7. The summed E-state index contributed by atoms with van der Waals surface area (Å²) in [4.78, 5) is 10.7. The zero-order chi connectivity index (χ0) is 38.8. The minimum Gasteiger partial charge on any atom is -0.228 e. The molecule has 0 fully saturated rings. The van der Waals surface area contributed by atoms with Gasteiger partial charge in [-0.3, -0.25) is 0 Å². The zero-order valence-electron chi connectivity index (χ0n) is 32.3. The average molecular weight is 759 g/mol. The second-order valence-electron chi connectivity index (χ2n) is 15.8. The van der Waals surface area contributed by atoms with Crippen LogP contribution in [0.25, 0.3) is 98.6 Å². The Balaban J connectivity index is 1.12. The van der Waals surface area contributed by atoms with Gasteiger partial charge in [-0.05, 0) is 92.0 Å². The number of hydrogen-bond donors (Lipinski definition) is 0. The monoisotopic (exact) mass is 758 g/mol. The van der Waals surface area contributed by atoms with E-state index in [9.17, 15) is 0 Å². The predicted molar refractivity (Wildman–Crippen MR) is 245 cm³/mol. The molecule has 10 aromatic rings. The predicted octanol–water partition coefficient (Wildman–Crippen LogP) is 15.2. The molecule has 1 aliphatic carbocycles. The third kappa shape index (κ3) is 5.69. The van der Waals surface area contributed by atoms with Crippen LogP contribution >= 0.6 is 11.3 Å². The lowest BCUT2D eigenvalue weighted by molar-refractivity contribution is 0.660. The van der Waals surface area contributed by atoms with Crippen LogP contribution in [-0.2, 0) is 5.41 Å². The summed E-state index contributed by atoms with van der Waals surface area (Å²) in [5, 5.41) is 2.59. The molecule has 0 saturated heterocycles. The number of nitrogens with zero attached hydrogens (tertiary/aromatic N) is 2. The second-order valence-corrected chi connectivity index (χ2v) is 16.8. The maximum Gasteiger partial charge on any atom is 0.160 e. The van der Waals surface area contributed by atoms with Gasteiger partial charge in [-0.2, -0.15) is 0 Å². The minimum atomic E-state index is -0.0498. The van der Waals surface area contributed by atoms with Crippen molar-refractivity contribution in [2.45, 2.75) is 19.3 Å². The SMILES string of the molecule is CC1(C)c2ccccc2-c2cc(-c3ccccc3-c3cc(-c4cc(-c5ccccc5)cc(-c5cccc6c5sc5ccccc56)c4)nc(-c4ccccc4)n3)ccc21. The highest BCUT2D eigenvalue weighted by Crippen LogP contribution is 2.50. The third-order valence-corrected chi connectivity index (χ3v) is 13.1. The fourth-order valence-corrected chi connectivity index (χ4v) is 10.2. The second kappa shape index (κ2) is 13.6. The van der Waals surface area contributed by atoms with Crippen LogP contribution < -0.4 is 0 Å². The molecule has 2 heterocycles. The van der Waals surface area contributed by atoms with Crippen molar-refractivity contribution in [2.24, 2.45) is 0 Å². The summed E-state index contributed by atoms with van der Waals surface area (Å²) >= 11 is 1.86. The van der Waals surface area contributed by atoms with Gasteiger partial charge in [0.25, 0.3) is 0 Å². The highest BCUT2D eigenvalue weighted by Gasteiger charge is 2.35. The Hall–Kier alpha value is -6.94. The van der Waals surface area contributed by atoms with Crippen LogP contribution in [-0.4, -0.2) is 9.97 Å². The number of thiophene rings is 1. The minimum absolute atomic E-state index is 0.0498. The molecule has 0 radical (unpaired) electrons. The van der Waals surface area contributed by atoms with Crippen molar-refractivity contribution in [3.63, 3.8) is 0 Å². The fraction of sp³-hybridized carbons (Fsp3) is 0.0545. The molecule has 0 saturated carbocycles. The summed E-state index contributed by atoms with van der Waals surface area (Å²) in [5.41, 5.74) is 17.2. The van der Waals surface area contributed by atoms with E-state index in [-0.39, 0.29) is 5.41 Å². The van der Waals surface area contributed by atoms with Crippen LogP contribution in [0.2, 0.25) is 0 Å². The number of rotatable bonds is 6. The van der Waals surface area contributed by atoms with Gasteiger partial charge in [-0.25, -0.2) is 9.97 Å².